The lowest BCUT2D eigenvalue weighted by Gasteiger charge is -2.26. The predicted octanol–water partition coefficient (Wildman–Crippen LogP) is 3.34. The van der Waals surface area contributed by atoms with E-state index in [1.54, 1.807) is 18.2 Å². The number of ether oxygens (including phenoxy) is 1. The maximum absolute atomic E-state index is 12.7. The second-order valence-corrected chi connectivity index (χ2v) is 9.38. The molecule has 1 N–H and O–H groups in total. The molecule has 2 aromatic carbocycles. The number of nitrogens with zero attached hydrogens (tertiary/aromatic N) is 1. The van der Waals surface area contributed by atoms with Gasteiger partial charge in [-0.25, -0.2) is 8.42 Å². The van der Waals surface area contributed by atoms with Crippen molar-refractivity contribution in [3.63, 3.8) is 0 Å². The van der Waals surface area contributed by atoms with Crippen LogP contribution < -0.4 is 5.32 Å². The van der Waals surface area contributed by atoms with Crippen LogP contribution in [0.2, 0.25) is 0 Å². The molecule has 1 aliphatic rings. The minimum Gasteiger partial charge on any atom is -0.459 e. The minimum absolute atomic E-state index is 0.00287. The number of furan rings is 1. The zero-order valence-electron chi connectivity index (χ0n) is 17.0. The molecule has 7 nitrogen and oxygen atoms in total. The topological polar surface area (TPSA) is 88.8 Å². The first-order valence-corrected chi connectivity index (χ1v) is 11.7. The van der Waals surface area contributed by atoms with Crippen molar-refractivity contribution in [2.24, 2.45) is 0 Å². The Morgan fingerprint density at radius 1 is 0.968 bits per heavy atom. The van der Waals surface area contributed by atoms with Crippen LogP contribution in [0.5, 0.6) is 0 Å². The van der Waals surface area contributed by atoms with Crippen LogP contribution in [0.15, 0.2) is 76.2 Å². The monoisotopic (exact) mass is 440 g/mol. The number of anilines is 1. The van der Waals surface area contributed by atoms with Gasteiger partial charge in [0.05, 0.1) is 30.1 Å². The van der Waals surface area contributed by atoms with Crippen LogP contribution in [0, 0.1) is 0 Å². The van der Waals surface area contributed by atoms with E-state index in [0.29, 0.717) is 11.3 Å². The van der Waals surface area contributed by atoms with Gasteiger partial charge in [0.2, 0.25) is 0 Å². The number of morpholine rings is 1. The van der Waals surface area contributed by atoms with Crippen molar-refractivity contribution >= 4 is 21.4 Å². The normalized spacial score (nSPS) is 15.0. The van der Waals surface area contributed by atoms with E-state index >= 15 is 0 Å². The molecule has 2 heterocycles. The molecule has 4 rings (SSSR count). The Kier molecular flexibility index (Phi) is 6.50. The molecule has 162 valence electrons. The van der Waals surface area contributed by atoms with Gasteiger partial charge in [0.1, 0.15) is 0 Å². The van der Waals surface area contributed by atoms with Gasteiger partial charge in [0.15, 0.2) is 15.6 Å². The van der Waals surface area contributed by atoms with Gasteiger partial charge in [-0.05, 0) is 35.9 Å². The lowest BCUT2D eigenvalue weighted by molar-refractivity contribution is 0.0342. The number of hydrogen-bond donors (Lipinski definition) is 1. The molecule has 0 aliphatic carbocycles. The molecule has 3 aromatic rings. The third kappa shape index (κ3) is 5.41. The largest absolute Gasteiger partial charge is 0.459 e. The molecular formula is C23H24N2O5S. The number of amides is 1. The summed E-state index contributed by atoms with van der Waals surface area (Å²) in [6.07, 6.45) is 1.33. The van der Waals surface area contributed by atoms with E-state index < -0.39 is 15.7 Å². The zero-order chi connectivity index (χ0) is 21.7. The number of sulfone groups is 1. The van der Waals surface area contributed by atoms with Gasteiger partial charge in [-0.1, -0.05) is 30.3 Å². The van der Waals surface area contributed by atoms with E-state index in [-0.39, 0.29) is 16.4 Å². The lowest BCUT2D eigenvalue weighted by Crippen LogP contribution is -2.35. The van der Waals surface area contributed by atoms with E-state index in [2.05, 4.69) is 10.2 Å². The first-order valence-electron chi connectivity index (χ1n) is 10.1. The lowest BCUT2D eigenvalue weighted by atomic mass is 10.2. The summed E-state index contributed by atoms with van der Waals surface area (Å²) >= 11 is 0. The van der Waals surface area contributed by atoms with Crippen molar-refractivity contribution in [2.75, 3.05) is 31.6 Å². The second-order valence-electron chi connectivity index (χ2n) is 7.39. The highest BCUT2D eigenvalue weighted by Crippen LogP contribution is 2.21. The van der Waals surface area contributed by atoms with Gasteiger partial charge in [-0.15, -0.1) is 0 Å². The van der Waals surface area contributed by atoms with Crippen LogP contribution in [0.4, 0.5) is 5.69 Å². The fraction of sp³-hybridized carbons (Fsp3) is 0.261. The SMILES string of the molecule is O=C(Nc1ccc(CN2CCOCC2)cc1)c1occc1CS(=O)(=O)c1ccccc1. The standard InChI is InChI=1S/C23H24N2O5S/c26-23(24-20-8-6-18(7-9-20)16-25-11-14-29-15-12-25)22-19(10-13-30-22)17-31(27,28)21-4-2-1-3-5-21/h1-10,13H,11-12,14-17H2,(H,24,26). The summed E-state index contributed by atoms with van der Waals surface area (Å²) in [5.41, 5.74) is 2.09. The molecule has 0 bridgehead atoms. The molecule has 1 amide bonds. The molecule has 0 spiro atoms. The van der Waals surface area contributed by atoms with Gasteiger partial charge in [-0.3, -0.25) is 9.69 Å². The number of rotatable bonds is 7. The van der Waals surface area contributed by atoms with Crippen molar-refractivity contribution in [3.8, 4) is 0 Å². The molecule has 0 saturated carbocycles. The first kappa shape index (κ1) is 21.3. The maximum Gasteiger partial charge on any atom is 0.291 e. The molecule has 1 aromatic heterocycles. The van der Waals surface area contributed by atoms with Gasteiger partial charge >= 0.3 is 0 Å². The van der Waals surface area contributed by atoms with Gasteiger partial charge in [0, 0.05) is 30.9 Å². The van der Waals surface area contributed by atoms with Gasteiger partial charge < -0.3 is 14.5 Å². The van der Waals surface area contributed by atoms with Crippen LogP contribution in [0.3, 0.4) is 0 Å². The Labute approximate surface area is 181 Å². The molecule has 1 fully saturated rings. The molecular weight excluding hydrogens is 416 g/mol. The summed E-state index contributed by atoms with van der Waals surface area (Å²) in [7, 11) is -3.59. The van der Waals surface area contributed by atoms with Crippen LogP contribution >= 0.6 is 0 Å². The van der Waals surface area contributed by atoms with Crippen LogP contribution in [-0.4, -0.2) is 45.5 Å². The Balaban J connectivity index is 1.41. The van der Waals surface area contributed by atoms with Crippen LogP contribution in [0.1, 0.15) is 21.7 Å². The molecule has 8 heteroatoms. The Morgan fingerprint density at radius 3 is 2.39 bits per heavy atom. The number of carbonyl (C=O) groups excluding carboxylic acids is 1. The fourth-order valence-electron chi connectivity index (χ4n) is 3.46. The quantitative estimate of drug-likeness (QED) is 0.606. The van der Waals surface area contributed by atoms with Crippen LogP contribution in [0.25, 0.3) is 0 Å². The molecule has 31 heavy (non-hydrogen) atoms. The number of carbonyl (C=O) groups is 1. The molecule has 0 atom stereocenters. The highest BCUT2D eigenvalue weighted by Gasteiger charge is 2.22. The predicted molar refractivity (Wildman–Crippen MR) is 117 cm³/mol. The molecule has 0 unspecified atom stereocenters. The summed E-state index contributed by atoms with van der Waals surface area (Å²) in [4.78, 5) is 15.2. The Bertz CT molecular complexity index is 1120. The van der Waals surface area contributed by atoms with E-state index in [9.17, 15) is 13.2 Å². The van der Waals surface area contributed by atoms with Crippen molar-refractivity contribution in [1.82, 2.24) is 4.90 Å². The summed E-state index contributed by atoms with van der Waals surface area (Å²) in [6.45, 7) is 4.15. The minimum atomic E-state index is -3.59. The number of hydrogen-bond acceptors (Lipinski definition) is 6. The molecule has 0 radical (unpaired) electrons. The summed E-state index contributed by atoms with van der Waals surface area (Å²) in [6, 6.07) is 17.3. The number of nitrogens with one attached hydrogen (secondary N) is 1. The van der Waals surface area contributed by atoms with E-state index in [0.717, 1.165) is 38.4 Å². The van der Waals surface area contributed by atoms with Crippen molar-refractivity contribution in [2.45, 2.75) is 17.2 Å². The van der Waals surface area contributed by atoms with Gasteiger partial charge in [-0.2, -0.15) is 0 Å². The molecule has 1 saturated heterocycles. The number of benzene rings is 2. The van der Waals surface area contributed by atoms with E-state index in [1.165, 1.54) is 24.5 Å². The van der Waals surface area contributed by atoms with Crippen LogP contribution in [-0.2, 0) is 26.9 Å². The third-order valence-electron chi connectivity index (χ3n) is 5.12. The smallest absolute Gasteiger partial charge is 0.291 e. The third-order valence-corrected chi connectivity index (χ3v) is 6.80. The second kappa shape index (κ2) is 9.47. The average molecular weight is 441 g/mol. The summed E-state index contributed by atoms with van der Waals surface area (Å²) in [5.74, 6) is -0.796. The maximum atomic E-state index is 12.7. The van der Waals surface area contributed by atoms with Crippen molar-refractivity contribution in [1.29, 1.82) is 0 Å². The fourth-order valence-corrected chi connectivity index (χ4v) is 4.84. The zero-order valence-corrected chi connectivity index (χ0v) is 17.8. The Morgan fingerprint density at radius 2 is 1.68 bits per heavy atom. The van der Waals surface area contributed by atoms with Crippen molar-refractivity contribution < 1.29 is 22.4 Å². The van der Waals surface area contributed by atoms with E-state index in [1.807, 2.05) is 24.3 Å². The summed E-state index contributed by atoms with van der Waals surface area (Å²) < 4.78 is 36.0. The highest BCUT2D eigenvalue weighted by atomic mass is 32.2. The van der Waals surface area contributed by atoms with E-state index in [4.69, 9.17) is 9.15 Å². The van der Waals surface area contributed by atoms with Crippen molar-refractivity contribution in [3.05, 3.63) is 83.8 Å². The highest BCUT2D eigenvalue weighted by molar-refractivity contribution is 7.90. The van der Waals surface area contributed by atoms with Gasteiger partial charge in [0.25, 0.3) is 5.91 Å². The average Bonchev–Trinajstić information content (AvgIpc) is 3.24. The first-order chi connectivity index (χ1) is 15.0. The molecule has 1 aliphatic heterocycles. The Hall–Kier alpha value is -2.94. The summed E-state index contributed by atoms with van der Waals surface area (Å²) in [5, 5.41) is 2.78.